The van der Waals surface area contributed by atoms with E-state index >= 15 is 0 Å². The van der Waals surface area contributed by atoms with Crippen molar-refractivity contribution in [2.24, 2.45) is 5.92 Å². The van der Waals surface area contributed by atoms with Gasteiger partial charge in [-0.05, 0) is 32.7 Å². The largest absolute Gasteiger partial charge is 0.311 e. The van der Waals surface area contributed by atoms with Crippen molar-refractivity contribution in [1.29, 1.82) is 0 Å². The molecule has 1 nitrogen and oxygen atoms in total. The highest BCUT2D eigenvalue weighted by Gasteiger charge is 2.03. The lowest BCUT2D eigenvalue weighted by atomic mass is 10.0. The van der Waals surface area contributed by atoms with Crippen molar-refractivity contribution < 1.29 is 0 Å². The van der Waals surface area contributed by atoms with Crippen LogP contribution in [0.5, 0.6) is 0 Å². The van der Waals surface area contributed by atoms with Crippen LogP contribution < -0.4 is 5.32 Å². The minimum atomic E-state index is 0.536. The van der Waals surface area contributed by atoms with Gasteiger partial charge in [-0.2, -0.15) is 0 Å². The highest BCUT2D eigenvalue weighted by molar-refractivity contribution is 5.07. The number of rotatable bonds is 6. The number of allylic oxidation sites excluding steroid dienone is 1. The van der Waals surface area contributed by atoms with Gasteiger partial charge in [-0.1, -0.05) is 38.8 Å². The molecule has 0 aliphatic heterocycles. The maximum atomic E-state index is 3.49. The third-order valence-corrected chi connectivity index (χ3v) is 2.57. The normalized spacial score (nSPS) is 17.2. The molecule has 1 N–H and O–H groups in total. The van der Waals surface area contributed by atoms with Crippen molar-refractivity contribution in [3.05, 3.63) is 11.6 Å². The molecule has 0 radical (unpaired) electrons. The Hall–Kier alpha value is -0.300. The van der Waals surface area contributed by atoms with Gasteiger partial charge in [-0.3, -0.25) is 0 Å². The Morgan fingerprint density at radius 1 is 1.31 bits per heavy atom. The van der Waals surface area contributed by atoms with Crippen molar-refractivity contribution in [1.82, 2.24) is 5.32 Å². The average Bonchev–Trinajstić information content (AvgIpc) is 2.13. The molecule has 13 heavy (non-hydrogen) atoms. The van der Waals surface area contributed by atoms with E-state index in [4.69, 9.17) is 0 Å². The van der Waals surface area contributed by atoms with Crippen molar-refractivity contribution >= 4 is 0 Å². The third kappa shape index (κ3) is 5.87. The van der Waals surface area contributed by atoms with Crippen LogP contribution in [0.15, 0.2) is 11.6 Å². The number of hydrogen-bond donors (Lipinski definition) is 1. The summed E-state index contributed by atoms with van der Waals surface area (Å²) in [6.45, 7) is 12.3. The molecule has 78 valence electrons. The molecule has 0 fully saturated rings. The first kappa shape index (κ1) is 12.7. The number of nitrogens with one attached hydrogen (secondary N) is 1. The van der Waals surface area contributed by atoms with Gasteiger partial charge in [0.05, 0.1) is 0 Å². The highest BCUT2D eigenvalue weighted by atomic mass is 14.9. The molecule has 0 aliphatic rings. The van der Waals surface area contributed by atoms with Gasteiger partial charge in [-0.25, -0.2) is 0 Å². The third-order valence-electron chi connectivity index (χ3n) is 2.57. The smallest absolute Gasteiger partial charge is 0.0248 e. The Morgan fingerprint density at radius 2 is 1.92 bits per heavy atom. The molecule has 1 heteroatoms. The molecule has 0 aromatic heterocycles. The highest BCUT2D eigenvalue weighted by Crippen LogP contribution is 2.09. The lowest BCUT2D eigenvalue weighted by Gasteiger charge is -2.15. The van der Waals surface area contributed by atoms with Crippen LogP contribution in [-0.4, -0.2) is 12.6 Å². The molecule has 0 rings (SSSR count). The molecule has 0 bridgehead atoms. The van der Waals surface area contributed by atoms with Crippen molar-refractivity contribution in [2.45, 2.75) is 53.5 Å². The Bertz CT molecular complexity index is 149. The summed E-state index contributed by atoms with van der Waals surface area (Å²) in [7, 11) is 0. The van der Waals surface area contributed by atoms with E-state index in [9.17, 15) is 0 Å². The monoisotopic (exact) mass is 183 g/mol. The van der Waals surface area contributed by atoms with E-state index < -0.39 is 0 Å². The molecular formula is C12H25N. The van der Waals surface area contributed by atoms with Gasteiger partial charge in [0.1, 0.15) is 0 Å². The van der Waals surface area contributed by atoms with Gasteiger partial charge in [0.25, 0.3) is 0 Å². The first-order valence-corrected chi connectivity index (χ1v) is 5.53. The molecular weight excluding hydrogens is 158 g/mol. The molecule has 0 spiro atoms. The number of hydrogen-bond acceptors (Lipinski definition) is 1. The second-order valence-corrected chi connectivity index (χ2v) is 3.97. The summed E-state index contributed by atoms with van der Waals surface area (Å²) in [6, 6.07) is 0.536. The maximum absolute atomic E-state index is 3.49. The molecule has 0 aromatic carbocycles. The fraction of sp³-hybridized carbons (Fsp3) is 0.833. The topological polar surface area (TPSA) is 12.0 Å². The maximum Gasteiger partial charge on any atom is 0.0248 e. The van der Waals surface area contributed by atoms with E-state index in [0.29, 0.717) is 12.0 Å². The summed E-state index contributed by atoms with van der Waals surface area (Å²) in [5.41, 5.74) is 1.47. The van der Waals surface area contributed by atoms with Crippen LogP contribution in [0.2, 0.25) is 0 Å². The molecule has 0 aromatic rings. The summed E-state index contributed by atoms with van der Waals surface area (Å²) in [4.78, 5) is 0. The van der Waals surface area contributed by atoms with Crippen LogP contribution in [0.4, 0.5) is 0 Å². The van der Waals surface area contributed by atoms with Gasteiger partial charge in [0.15, 0.2) is 0 Å². The predicted octanol–water partition coefficient (Wildman–Crippen LogP) is 3.37. The van der Waals surface area contributed by atoms with E-state index in [1.165, 1.54) is 18.4 Å². The van der Waals surface area contributed by atoms with E-state index in [1.807, 2.05) is 0 Å². The van der Waals surface area contributed by atoms with Gasteiger partial charge in [-0.15, -0.1) is 0 Å². The zero-order valence-corrected chi connectivity index (χ0v) is 9.85. The summed E-state index contributed by atoms with van der Waals surface area (Å²) in [5, 5.41) is 3.49. The Balaban J connectivity index is 3.92. The van der Waals surface area contributed by atoms with Gasteiger partial charge in [0, 0.05) is 6.04 Å². The van der Waals surface area contributed by atoms with Crippen LogP contribution >= 0.6 is 0 Å². The average molecular weight is 183 g/mol. The second kappa shape index (κ2) is 7.14. The Kier molecular flexibility index (Phi) is 6.97. The fourth-order valence-corrected chi connectivity index (χ4v) is 1.23. The van der Waals surface area contributed by atoms with Crippen molar-refractivity contribution in [2.75, 3.05) is 6.54 Å². The Morgan fingerprint density at radius 3 is 2.38 bits per heavy atom. The first-order chi connectivity index (χ1) is 6.11. The lowest BCUT2D eigenvalue weighted by molar-refractivity contribution is 0.590. The standard InChI is InChI=1S/C12H25N/c1-6-8-13-12(5)11(4)9-10(3)7-2/h9-10,12-13H,6-8H2,1-5H3. The summed E-state index contributed by atoms with van der Waals surface area (Å²) in [6.07, 6.45) is 4.83. The van der Waals surface area contributed by atoms with Crippen LogP contribution in [0.1, 0.15) is 47.5 Å². The minimum absolute atomic E-state index is 0.536. The van der Waals surface area contributed by atoms with E-state index in [2.05, 4.69) is 46.0 Å². The minimum Gasteiger partial charge on any atom is -0.311 e. The van der Waals surface area contributed by atoms with Crippen LogP contribution in [-0.2, 0) is 0 Å². The zero-order valence-electron chi connectivity index (χ0n) is 9.85. The Labute approximate surface area is 83.6 Å². The molecule has 0 saturated carbocycles. The van der Waals surface area contributed by atoms with Gasteiger partial charge < -0.3 is 5.32 Å². The van der Waals surface area contributed by atoms with Crippen LogP contribution in [0, 0.1) is 5.92 Å². The summed E-state index contributed by atoms with van der Waals surface area (Å²) >= 11 is 0. The molecule has 0 saturated heterocycles. The van der Waals surface area contributed by atoms with E-state index in [-0.39, 0.29) is 0 Å². The summed E-state index contributed by atoms with van der Waals surface area (Å²) in [5.74, 6) is 0.714. The van der Waals surface area contributed by atoms with Crippen LogP contribution in [0.25, 0.3) is 0 Å². The predicted molar refractivity (Wildman–Crippen MR) is 61.0 cm³/mol. The fourth-order valence-electron chi connectivity index (χ4n) is 1.23. The molecule has 2 atom stereocenters. The van der Waals surface area contributed by atoms with Gasteiger partial charge in [0.2, 0.25) is 0 Å². The van der Waals surface area contributed by atoms with E-state index in [0.717, 1.165) is 6.54 Å². The second-order valence-electron chi connectivity index (χ2n) is 3.97. The van der Waals surface area contributed by atoms with Crippen molar-refractivity contribution in [3.63, 3.8) is 0 Å². The molecule has 0 amide bonds. The molecule has 0 heterocycles. The quantitative estimate of drug-likeness (QED) is 0.623. The first-order valence-electron chi connectivity index (χ1n) is 5.53. The SMILES string of the molecule is CCCNC(C)C(C)=CC(C)CC. The van der Waals surface area contributed by atoms with E-state index in [1.54, 1.807) is 0 Å². The lowest BCUT2D eigenvalue weighted by Crippen LogP contribution is -2.27. The van der Waals surface area contributed by atoms with Crippen LogP contribution in [0.3, 0.4) is 0 Å². The molecule has 0 aliphatic carbocycles. The zero-order chi connectivity index (χ0) is 10.3. The summed E-state index contributed by atoms with van der Waals surface area (Å²) < 4.78 is 0. The molecule has 2 unspecified atom stereocenters. The van der Waals surface area contributed by atoms with Crippen molar-refractivity contribution in [3.8, 4) is 0 Å². The van der Waals surface area contributed by atoms with Gasteiger partial charge >= 0.3 is 0 Å².